The van der Waals surface area contributed by atoms with E-state index < -0.39 is 0 Å². The van der Waals surface area contributed by atoms with Gasteiger partial charge in [-0.1, -0.05) is 36.4 Å². The van der Waals surface area contributed by atoms with Gasteiger partial charge in [-0.15, -0.1) is 0 Å². The number of benzene rings is 2. The van der Waals surface area contributed by atoms with Crippen LogP contribution in [0.5, 0.6) is 5.75 Å². The summed E-state index contributed by atoms with van der Waals surface area (Å²) in [5, 5.41) is 0. The van der Waals surface area contributed by atoms with Gasteiger partial charge in [-0.05, 0) is 53.7 Å². The van der Waals surface area contributed by atoms with E-state index in [1.165, 1.54) is 53.9 Å². The molecule has 0 saturated carbocycles. The van der Waals surface area contributed by atoms with Crippen molar-refractivity contribution in [2.24, 2.45) is 0 Å². The summed E-state index contributed by atoms with van der Waals surface area (Å²) in [6.07, 6.45) is 4.72. The minimum Gasteiger partial charge on any atom is -0.497 e. The third-order valence-corrected chi connectivity index (χ3v) is 5.06. The van der Waals surface area contributed by atoms with Crippen molar-refractivity contribution in [3.8, 4) is 5.75 Å². The zero-order chi connectivity index (χ0) is 15.6. The van der Waals surface area contributed by atoms with Crippen LogP contribution in [0.15, 0.2) is 54.2 Å². The first-order valence-electron chi connectivity index (χ1n) is 8.53. The Morgan fingerprint density at radius 1 is 1.00 bits per heavy atom. The Hall–Kier alpha value is -2.22. The van der Waals surface area contributed by atoms with Gasteiger partial charge in [-0.3, -0.25) is 0 Å². The van der Waals surface area contributed by atoms with E-state index >= 15 is 0 Å². The Kier molecular flexibility index (Phi) is 3.82. The smallest absolute Gasteiger partial charge is 0.119 e. The Labute approximate surface area is 138 Å². The van der Waals surface area contributed by atoms with Crippen LogP contribution < -0.4 is 4.74 Å². The van der Waals surface area contributed by atoms with Crippen LogP contribution in [-0.4, -0.2) is 25.1 Å². The zero-order valence-corrected chi connectivity index (χ0v) is 13.7. The second-order valence-electron chi connectivity index (χ2n) is 6.48. The fraction of sp³-hybridized carbons (Fsp3) is 0.333. The lowest BCUT2D eigenvalue weighted by molar-refractivity contribution is 0.414. The van der Waals surface area contributed by atoms with E-state index in [1.54, 1.807) is 7.11 Å². The third-order valence-electron chi connectivity index (χ3n) is 5.06. The molecule has 4 rings (SSSR count). The highest BCUT2D eigenvalue weighted by Gasteiger charge is 2.27. The molecule has 0 spiro atoms. The molecule has 0 amide bonds. The number of rotatable bonds is 4. The summed E-state index contributed by atoms with van der Waals surface area (Å²) in [6, 6.07) is 17.4. The Morgan fingerprint density at radius 3 is 2.52 bits per heavy atom. The predicted octanol–water partition coefficient (Wildman–Crippen LogP) is 4.30. The molecule has 1 heterocycles. The van der Waals surface area contributed by atoms with Gasteiger partial charge >= 0.3 is 0 Å². The molecule has 0 radical (unpaired) electrons. The van der Waals surface area contributed by atoms with Crippen LogP contribution >= 0.6 is 0 Å². The lowest BCUT2D eigenvalue weighted by Gasteiger charge is -2.21. The van der Waals surface area contributed by atoms with Crippen molar-refractivity contribution in [3.63, 3.8) is 0 Å². The molecule has 2 nitrogen and oxygen atoms in total. The summed E-state index contributed by atoms with van der Waals surface area (Å²) < 4.78 is 5.46. The van der Waals surface area contributed by atoms with Crippen molar-refractivity contribution in [3.05, 3.63) is 70.9 Å². The van der Waals surface area contributed by atoms with Crippen LogP contribution in [0, 0.1) is 0 Å². The second-order valence-corrected chi connectivity index (χ2v) is 6.48. The van der Waals surface area contributed by atoms with Crippen molar-refractivity contribution in [1.29, 1.82) is 0 Å². The Balaban J connectivity index is 1.76. The van der Waals surface area contributed by atoms with Crippen LogP contribution in [-0.2, 0) is 12.8 Å². The SMILES string of the molecule is COc1ccc2c(c1)C(Cc1ccccc1)=C(N1CCCC1)C2. The number of allylic oxidation sites excluding steroid dienone is 2. The number of fused-ring (bicyclic) bond motifs is 1. The van der Waals surface area contributed by atoms with Gasteiger partial charge in [-0.2, -0.15) is 0 Å². The van der Waals surface area contributed by atoms with Crippen LogP contribution in [0.1, 0.15) is 29.5 Å². The molecule has 1 fully saturated rings. The summed E-state index contributed by atoms with van der Waals surface area (Å²) in [7, 11) is 1.75. The van der Waals surface area contributed by atoms with Gasteiger partial charge in [-0.25, -0.2) is 0 Å². The number of hydrogen-bond acceptors (Lipinski definition) is 2. The Morgan fingerprint density at radius 2 is 1.78 bits per heavy atom. The van der Waals surface area contributed by atoms with Crippen LogP contribution in [0.4, 0.5) is 0 Å². The fourth-order valence-electron chi connectivity index (χ4n) is 3.85. The molecule has 0 aromatic heterocycles. The maximum absolute atomic E-state index is 5.46. The molecule has 118 valence electrons. The molecule has 2 aliphatic rings. The molecule has 0 N–H and O–H groups in total. The van der Waals surface area contributed by atoms with Crippen LogP contribution in [0.25, 0.3) is 5.57 Å². The largest absolute Gasteiger partial charge is 0.497 e. The van der Waals surface area contributed by atoms with E-state index in [4.69, 9.17) is 4.74 Å². The number of likely N-dealkylation sites (tertiary alicyclic amines) is 1. The second kappa shape index (κ2) is 6.11. The van der Waals surface area contributed by atoms with Crippen molar-refractivity contribution in [2.75, 3.05) is 20.2 Å². The summed E-state index contributed by atoms with van der Waals surface area (Å²) in [4.78, 5) is 2.60. The van der Waals surface area contributed by atoms with Gasteiger partial charge in [0.15, 0.2) is 0 Å². The normalized spacial score (nSPS) is 16.8. The molecule has 0 bridgehead atoms. The highest BCUT2D eigenvalue weighted by atomic mass is 16.5. The highest BCUT2D eigenvalue weighted by Crippen LogP contribution is 2.39. The molecule has 2 heteroatoms. The van der Waals surface area contributed by atoms with E-state index in [1.807, 2.05) is 0 Å². The van der Waals surface area contributed by atoms with E-state index in [-0.39, 0.29) is 0 Å². The molecule has 1 aliphatic heterocycles. The molecular weight excluding hydrogens is 282 g/mol. The topological polar surface area (TPSA) is 12.5 Å². The van der Waals surface area contributed by atoms with Gasteiger partial charge in [0.25, 0.3) is 0 Å². The number of methoxy groups -OCH3 is 1. The van der Waals surface area contributed by atoms with Gasteiger partial charge < -0.3 is 9.64 Å². The van der Waals surface area contributed by atoms with E-state index in [2.05, 4.69) is 53.4 Å². The zero-order valence-electron chi connectivity index (χ0n) is 13.7. The molecular formula is C21H23NO. The van der Waals surface area contributed by atoms with Gasteiger partial charge in [0, 0.05) is 25.2 Å². The first kappa shape index (κ1) is 14.4. The standard InChI is InChI=1S/C21H23NO/c1-23-18-10-9-17-14-21(22-11-5-6-12-22)20(19(17)15-18)13-16-7-3-2-4-8-16/h2-4,7-10,15H,5-6,11-14H2,1H3. The summed E-state index contributed by atoms with van der Waals surface area (Å²) in [6.45, 7) is 2.41. The molecule has 2 aromatic rings. The lowest BCUT2D eigenvalue weighted by atomic mass is 9.98. The van der Waals surface area contributed by atoms with E-state index in [9.17, 15) is 0 Å². The minimum atomic E-state index is 0.956. The number of hydrogen-bond donors (Lipinski definition) is 0. The maximum Gasteiger partial charge on any atom is 0.119 e. The Bertz CT molecular complexity index is 727. The quantitative estimate of drug-likeness (QED) is 0.835. The first-order valence-corrected chi connectivity index (χ1v) is 8.53. The van der Waals surface area contributed by atoms with E-state index in [0.29, 0.717) is 0 Å². The average molecular weight is 305 g/mol. The number of nitrogens with zero attached hydrogens (tertiary/aromatic N) is 1. The molecule has 2 aromatic carbocycles. The van der Waals surface area contributed by atoms with Crippen molar-refractivity contribution in [2.45, 2.75) is 25.7 Å². The number of ether oxygens (including phenoxy) is 1. The molecule has 0 atom stereocenters. The van der Waals surface area contributed by atoms with Gasteiger partial charge in [0.05, 0.1) is 7.11 Å². The van der Waals surface area contributed by atoms with Crippen molar-refractivity contribution < 1.29 is 4.74 Å². The fourth-order valence-corrected chi connectivity index (χ4v) is 3.85. The molecule has 1 saturated heterocycles. The van der Waals surface area contributed by atoms with Gasteiger partial charge in [0.2, 0.25) is 0 Å². The lowest BCUT2D eigenvalue weighted by Crippen LogP contribution is -2.19. The third kappa shape index (κ3) is 2.74. The molecule has 0 unspecified atom stereocenters. The summed E-state index contributed by atoms with van der Waals surface area (Å²) in [5.74, 6) is 0.956. The molecule has 23 heavy (non-hydrogen) atoms. The van der Waals surface area contributed by atoms with Crippen LogP contribution in [0.2, 0.25) is 0 Å². The van der Waals surface area contributed by atoms with Gasteiger partial charge in [0.1, 0.15) is 5.75 Å². The minimum absolute atomic E-state index is 0.956. The molecule has 1 aliphatic carbocycles. The predicted molar refractivity (Wildman–Crippen MR) is 94.6 cm³/mol. The van der Waals surface area contributed by atoms with E-state index in [0.717, 1.165) is 18.6 Å². The average Bonchev–Trinajstić information content (AvgIpc) is 3.23. The summed E-state index contributed by atoms with van der Waals surface area (Å²) in [5.41, 5.74) is 7.24. The van der Waals surface area contributed by atoms with Crippen molar-refractivity contribution in [1.82, 2.24) is 4.90 Å². The first-order chi connectivity index (χ1) is 11.3. The summed E-state index contributed by atoms with van der Waals surface area (Å²) >= 11 is 0. The van der Waals surface area contributed by atoms with Crippen molar-refractivity contribution >= 4 is 5.57 Å². The maximum atomic E-state index is 5.46. The highest BCUT2D eigenvalue weighted by molar-refractivity contribution is 5.78. The monoisotopic (exact) mass is 305 g/mol. The van der Waals surface area contributed by atoms with Crippen LogP contribution in [0.3, 0.4) is 0 Å².